The Hall–Kier alpha value is -0.530. The van der Waals surface area contributed by atoms with Gasteiger partial charge >= 0.3 is 0 Å². The van der Waals surface area contributed by atoms with Crippen LogP contribution in [0.25, 0.3) is 0 Å². The molecular formula is C7H12NO. The quantitative estimate of drug-likeness (QED) is 0.486. The van der Waals surface area contributed by atoms with Gasteiger partial charge in [-0.1, -0.05) is 25.9 Å². The molecule has 0 unspecified atom stereocenters. The van der Waals surface area contributed by atoms with Crippen molar-refractivity contribution in [2.24, 2.45) is 10.6 Å². The molecular weight excluding hydrogens is 114 g/mol. The van der Waals surface area contributed by atoms with E-state index < -0.39 is 0 Å². The van der Waals surface area contributed by atoms with Gasteiger partial charge in [0.25, 0.3) is 0 Å². The Morgan fingerprint density at radius 1 is 1.56 bits per heavy atom. The predicted molar refractivity (Wildman–Crippen MR) is 36.9 cm³/mol. The fourth-order valence-electron chi connectivity index (χ4n) is 0.697. The van der Waals surface area contributed by atoms with Gasteiger partial charge in [0.2, 0.25) is 0 Å². The van der Waals surface area contributed by atoms with Crippen molar-refractivity contribution in [1.82, 2.24) is 0 Å². The first-order chi connectivity index (χ1) is 4.11. The zero-order valence-electron chi connectivity index (χ0n) is 6.14. The highest BCUT2D eigenvalue weighted by molar-refractivity contribution is 5.90. The predicted octanol–water partition coefficient (Wildman–Crippen LogP) is 1.97. The minimum Gasteiger partial charge on any atom is -0.388 e. The molecule has 0 fully saturated rings. The van der Waals surface area contributed by atoms with Gasteiger partial charge in [-0.25, -0.2) is 0 Å². The smallest absolute Gasteiger partial charge is 0.172 e. The minimum atomic E-state index is 0.174. The van der Waals surface area contributed by atoms with Crippen molar-refractivity contribution < 1.29 is 4.84 Å². The minimum absolute atomic E-state index is 0.174. The number of rotatable bonds is 0. The Morgan fingerprint density at radius 3 is 2.44 bits per heavy atom. The van der Waals surface area contributed by atoms with Crippen LogP contribution in [0.5, 0.6) is 0 Å². The lowest BCUT2D eigenvalue weighted by Crippen LogP contribution is -2.17. The summed E-state index contributed by atoms with van der Waals surface area (Å²) in [7, 11) is 0. The van der Waals surface area contributed by atoms with Crippen LogP contribution in [-0.4, -0.2) is 5.71 Å². The summed E-state index contributed by atoms with van der Waals surface area (Å²) in [6, 6.07) is 0. The molecule has 0 atom stereocenters. The molecule has 0 bridgehead atoms. The maximum Gasteiger partial charge on any atom is 0.172 e. The summed E-state index contributed by atoms with van der Waals surface area (Å²) >= 11 is 0. The van der Waals surface area contributed by atoms with E-state index in [1.807, 2.05) is 0 Å². The van der Waals surface area contributed by atoms with Crippen LogP contribution in [0.1, 0.15) is 27.2 Å². The second-order valence-corrected chi connectivity index (χ2v) is 3.26. The maximum absolute atomic E-state index is 4.75. The lowest BCUT2D eigenvalue weighted by Gasteiger charge is -2.15. The van der Waals surface area contributed by atoms with Gasteiger partial charge in [-0.05, 0) is 0 Å². The summed E-state index contributed by atoms with van der Waals surface area (Å²) < 4.78 is 0. The van der Waals surface area contributed by atoms with E-state index in [2.05, 4.69) is 25.9 Å². The summed E-state index contributed by atoms with van der Waals surface area (Å²) in [5, 5.41) is 3.87. The summed E-state index contributed by atoms with van der Waals surface area (Å²) in [5.74, 6) is 0. The molecule has 2 heteroatoms. The van der Waals surface area contributed by atoms with Crippen molar-refractivity contribution in [3.05, 3.63) is 6.61 Å². The Kier molecular flexibility index (Phi) is 1.47. The van der Waals surface area contributed by atoms with Gasteiger partial charge in [0.15, 0.2) is 6.61 Å². The van der Waals surface area contributed by atoms with Gasteiger partial charge < -0.3 is 4.84 Å². The monoisotopic (exact) mass is 126 g/mol. The van der Waals surface area contributed by atoms with Gasteiger partial charge in [0, 0.05) is 11.8 Å². The molecule has 0 aliphatic carbocycles. The number of hydrogen-bond acceptors (Lipinski definition) is 2. The Labute approximate surface area is 55.9 Å². The van der Waals surface area contributed by atoms with E-state index in [9.17, 15) is 0 Å². The van der Waals surface area contributed by atoms with Crippen LogP contribution in [-0.2, 0) is 4.84 Å². The Balaban J connectivity index is 2.61. The molecule has 1 radical (unpaired) electrons. The van der Waals surface area contributed by atoms with Crippen LogP contribution in [0.2, 0.25) is 0 Å². The first-order valence-electron chi connectivity index (χ1n) is 3.15. The molecule has 0 aromatic rings. The van der Waals surface area contributed by atoms with E-state index in [1.165, 1.54) is 0 Å². The van der Waals surface area contributed by atoms with Crippen molar-refractivity contribution in [1.29, 1.82) is 0 Å². The van der Waals surface area contributed by atoms with Crippen LogP contribution >= 0.6 is 0 Å². The summed E-state index contributed by atoms with van der Waals surface area (Å²) in [6.07, 6.45) is 0.878. The molecule has 0 saturated carbocycles. The molecule has 0 aromatic heterocycles. The molecule has 1 rings (SSSR count). The third kappa shape index (κ3) is 1.44. The van der Waals surface area contributed by atoms with Crippen molar-refractivity contribution >= 4 is 5.71 Å². The first kappa shape index (κ1) is 6.59. The molecule has 0 saturated heterocycles. The molecule has 0 amide bonds. The Morgan fingerprint density at radius 2 is 2.22 bits per heavy atom. The van der Waals surface area contributed by atoms with Gasteiger partial charge in [-0.15, -0.1) is 0 Å². The highest BCUT2D eigenvalue weighted by Crippen LogP contribution is 2.23. The molecule has 0 aromatic carbocycles. The van der Waals surface area contributed by atoms with Gasteiger partial charge in [-0.2, -0.15) is 0 Å². The zero-order chi connectivity index (χ0) is 6.91. The summed E-state index contributed by atoms with van der Waals surface area (Å²) in [4.78, 5) is 4.75. The first-order valence-corrected chi connectivity index (χ1v) is 3.15. The normalized spacial score (nSPS) is 19.2. The van der Waals surface area contributed by atoms with Crippen LogP contribution in [0.3, 0.4) is 0 Å². The van der Waals surface area contributed by atoms with Gasteiger partial charge in [-0.3, -0.25) is 0 Å². The molecule has 51 valence electrons. The van der Waals surface area contributed by atoms with E-state index in [4.69, 9.17) is 4.84 Å². The second-order valence-electron chi connectivity index (χ2n) is 3.26. The molecule has 0 N–H and O–H groups in total. The summed E-state index contributed by atoms with van der Waals surface area (Å²) in [5.41, 5.74) is 1.30. The van der Waals surface area contributed by atoms with Crippen LogP contribution < -0.4 is 0 Å². The molecule has 9 heavy (non-hydrogen) atoms. The fourth-order valence-corrected chi connectivity index (χ4v) is 0.697. The largest absolute Gasteiger partial charge is 0.388 e. The number of hydrogen-bond donors (Lipinski definition) is 0. The topological polar surface area (TPSA) is 21.6 Å². The SMILES string of the molecule is CC(C)(C)C1=NO[CH]C1. The Bertz CT molecular complexity index is 132. The van der Waals surface area contributed by atoms with Crippen molar-refractivity contribution in [2.45, 2.75) is 27.2 Å². The molecule has 2 nitrogen and oxygen atoms in total. The average molecular weight is 126 g/mol. The fraction of sp³-hybridized carbons (Fsp3) is 0.714. The van der Waals surface area contributed by atoms with Crippen LogP contribution in [0.15, 0.2) is 5.16 Å². The number of nitrogens with zero attached hydrogens (tertiary/aromatic N) is 1. The molecule has 1 aliphatic rings. The van der Waals surface area contributed by atoms with Crippen molar-refractivity contribution in [2.75, 3.05) is 0 Å². The van der Waals surface area contributed by atoms with E-state index in [-0.39, 0.29) is 5.41 Å². The van der Waals surface area contributed by atoms with Crippen molar-refractivity contribution in [3.8, 4) is 0 Å². The third-order valence-corrected chi connectivity index (χ3v) is 1.38. The van der Waals surface area contributed by atoms with Crippen LogP contribution in [0, 0.1) is 12.0 Å². The molecule has 1 aliphatic heterocycles. The maximum atomic E-state index is 4.75. The van der Waals surface area contributed by atoms with E-state index in [0.717, 1.165) is 12.1 Å². The average Bonchev–Trinajstić information content (AvgIpc) is 2.08. The van der Waals surface area contributed by atoms with Gasteiger partial charge in [0.05, 0.1) is 5.71 Å². The standard InChI is InChI=1S/C7H12NO/c1-7(2,3)6-4-5-9-8-6/h5H,4H2,1-3H3. The second kappa shape index (κ2) is 2.01. The van der Waals surface area contributed by atoms with E-state index >= 15 is 0 Å². The molecule has 1 heterocycles. The lowest BCUT2D eigenvalue weighted by atomic mass is 9.89. The number of oxime groups is 1. The zero-order valence-corrected chi connectivity index (χ0v) is 6.14. The van der Waals surface area contributed by atoms with Crippen molar-refractivity contribution in [3.63, 3.8) is 0 Å². The van der Waals surface area contributed by atoms with E-state index in [0.29, 0.717) is 0 Å². The van der Waals surface area contributed by atoms with E-state index in [1.54, 1.807) is 6.61 Å². The highest BCUT2D eigenvalue weighted by Gasteiger charge is 2.22. The van der Waals surface area contributed by atoms with Crippen LogP contribution in [0.4, 0.5) is 0 Å². The van der Waals surface area contributed by atoms with Gasteiger partial charge in [0.1, 0.15) is 0 Å². The highest BCUT2D eigenvalue weighted by atomic mass is 16.6. The summed E-state index contributed by atoms with van der Waals surface area (Å²) in [6.45, 7) is 8.12. The third-order valence-electron chi connectivity index (χ3n) is 1.38. The lowest BCUT2D eigenvalue weighted by molar-refractivity contribution is 0.233. The molecule has 0 spiro atoms.